The van der Waals surface area contributed by atoms with Crippen molar-refractivity contribution >= 4 is 11.8 Å². The number of hydrogen-bond donors (Lipinski definition) is 1. The normalized spacial score (nSPS) is 19.0. The molecule has 6 nitrogen and oxygen atoms in total. The minimum Gasteiger partial charge on any atom is -0.356 e. The van der Waals surface area contributed by atoms with E-state index in [1.165, 1.54) is 11.1 Å². The van der Waals surface area contributed by atoms with Gasteiger partial charge in [-0.25, -0.2) is 0 Å². The molecule has 2 aromatic rings. The van der Waals surface area contributed by atoms with Crippen molar-refractivity contribution < 1.29 is 9.59 Å². The molecule has 2 amide bonds. The lowest BCUT2D eigenvalue weighted by molar-refractivity contribution is -0.133. The maximum Gasteiger partial charge on any atom is 0.222 e. The van der Waals surface area contributed by atoms with E-state index in [1.54, 1.807) is 6.92 Å². The lowest BCUT2D eigenvalue weighted by Crippen LogP contribution is -2.46. The molecule has 182 valence electrons. The number of nitrogens with one attached hydrogen (secondary N) is 1. The molecule has 2 aliphatic rings. The number of rotatable bonds is 9. The summed E-state index contributed by atoms with van der Waals surface area (Å²) in [6.45, 7) is 9.55. The Labute approximate surface area is 203 Å². The van der Waals surface area contributed by atoms with Crippen molar-refractivity contribution in [3.63, 3.8) is 0 Å². The maximum atomic E-state index is 12.7. The van der Waals surface area contributed by atoms with Gasteiger partial charge in [0.25, 0.3) is 0 Å². The number of carbonyl (C=O) groups is 2. The van der Waals surface area contributed by atoms with E-state index in [4.69, 9.17) is 0 Å². The topological polar surface area (TPSA) is 55.9 Å². The van der Waals surface area contributed by atoms with Gasteiger partial charge in [0.1, 0.15) is 0 Å². The van der Waals surface area contributed by atoms with Gasteiger partial charge in [0, 0.05) is 52.7 Å². The van der Waals surface area contributed by atoms with E-state index < -0.39 is 0 Å². The van der Waals surface area contributed by atoms with Crippen LogP contribution in [0.2, 0.25) is 0 Å². The van der Waals surface area contributed by atoms with Crippen LogP contribution in [0.1, 0.15) is 48.9 Å². The molecule has 2 aromatic carbocycles. The number of amides is 2. The summed E-state index contributed by atoms with van der Waals surface area (Å²) in [6.07, 6.45) is 3.26. The molecule has 4 rings (SSSR count). The minimum atomic E-state index is -0.158. The number of nitrogens with zero attached hydrogens (tertiary/aromatic N) is 3. The maximum absolute atomic E-state index is 12.7. The lowest BCUT2D eigenvalue weighted by atomic mass is 9.90. The summed E-state index contributed by atoms with van der Waals surface area (Å²) >= 11 is 0. The van der Waals surface area contributed by atoms with Crippen molar-refractivity contribution in [1.82, 2.24) is 20.0 Å². The SMILES string of the molecule is CC(=O)N1CCc2ccccc2C1CC(=O)NCCCCN1CCN(Cc2ccccc2)CC1. The van der Waals surface area contributed by atoms with Crippen LogP contribution < -0.4 is 5.32 Å². The average molecular weight is 463 g/mol. The zero-order valence-electron chi connectivity index (χ0n) is 20.4. The Kier molecular flexibility index (Phi) is 8.72. The van der Waals surface area contributed by atoms with Crippen LogP contribution in [0.5, 0.6) is 0 Å². The molecule has 2 heterocycles. The van der Waals surface area contributed by atoms with E-state index in [0.717, 1.165) is 64.1 Å². The largest absolute Gasteiger partial charge is 0.356 e. The number of fused-ring (bicyclic) bond motifs is 1. The van der Waals surface area contributed by atoms with Crippen LogP contribution in [0.4, 0.5) is 0 Å². The first-order valence-corrected chi connectivity index (χ1v) is 12.7. The minimum absolute atomic E-state index is 0.0301. The molecule has 0 radical (unpaired) electrons. The number of benzene rings is 2. The first kappa shape index (κ1) is 24.4. The zero-order valence-corrected chi connectivity index (χ0v) is 20.4. The fraction of sp³-hybridized carbons (Fsp3) is 0.500. The molecular weight excluding hydrogens is 424 g/mol. The van der Waals surface area contributed by atoms with Crippen LogP contribution >= 0.6 is 0 Å². The molecule has 2 aliphatic heterocycles. The Bertz CT molecular complexity index is 940. The van der Waals surface area contributed by atoms with Crippen LogP contribution in [0.25, 0.3) is 0 Å². The summed E-state index contributed by atoms with van der Waals surface area (Å²) in [6, 6.07) is 18.7. The molecule has 34 heavy (non-hydrogen) atoms. The van der Waals surface area contributed by atoms with Gasteiger partial charge in [0.05, 0.1) is 12.5 Å². The van der Waals surface area contributed by atoms with Crippen molar-refractivity contribution in [2.45, 2.75) is 45.2 Å². The summed E-state index contributed by atoms with van der Waals surface area (Å²) in [4.78, 5) is 31.7. The highest BCUT2D eigenvalue weighted by molar-refractivity contribution is 5.79. The van der Waals surface area contributed by atoms with Crippen molar-refractivity contribution in [2.75, 3.05) is 45.8 Å². The van der Waals surface area contributed by atoms with E-state index >= 15 is 0 Å². The third-order valence-electron chi connectivity index (χ3n) is 7.13. The number of unbranched alkanes of at least 4 members (excludes halogenated alkanes) is 1. The molecule has 1 fully saturated rings. The van der Waals surface area contributed by atoms with Gasteiger partial charge in [-0.3, -0.25) is 14.5 Å². The number of carbonyl (C=O) groups excluding carboxylic acids is 2. The molecule has 1 unspecified atom stereocenters. The summed E-state index contributed by atoms with van der Waals surface area (Å²) in [7, 11) is 0. The van der Waals surface area contributed by atoms with Crippen LogP contribution in [0.3, 0.4) is 0 Å². The van der Waals surface area contributed by atoms with Gasteiger partial charge in [-0.05, 0) is 42.5 Å². The van der Waals surface area contributed by atoms with Gasteiger partial charge in [-0.1, -0.05) is 54.6 Å². The summed E-state index contributed by atoms with van der Waals surface area (Å²) in [5.74, 6) is 0.0682. The summed E-state index contributed by atoms with van der Waals surface area (Å²) in [5.41, 5.74) is 3.75. The molecule has 1 atom stereocenters. The fourth-order valence-corrected chi connectivity index (χ4v) is 5.20. The van der Waals surface area contributed by atoms with Gasteiger partial charge < -0.3 is 15.1 Å². The third kappa shape index (κ3) is 6.67. The van der Waals surface area contributed by atoms with E-state index in [-0.39, 0.29) is 17.9 Å². The lowest BCUT2D eigenvalue weighted by Gasteiger charge is -2.36. The Balaban J connectivity index is 1.13. The smallest absolute Gasteiger partial charge is 0.222 e. The second kappa shape index (κ2) is 12.1. The molecule has 6 heteroatoms. The monoisotopic (exact) mass is 462 g/mol. The molecule has 0 aliphatic carbocycles. The highest BCUT2D eigenvalue weighted by Crippen LogP contribution is 2.32. The van der Waals surface area contributed by atoms with Crippen LogP contribution in [-0.2, 0) is 22.6 Å². The van der Waals surface area contributed by atoms with Crippen LogP contribution in [0.15, 0.2) is 54.6 Å². The van der Waals surface area contributed by atoms with Crippen molar-refractivity contribution in [3.05, 3.63) is 71.3 Å². The molecule has 0 aromatic heterocycles. The molecule has 0 saturated carbocycles. The quantitative estimate of drug-likeness (QED) is 0.582. The third-order valence-corrected chi connectivity index (χ3v) is 7.13. The van der Waals surface area contributed by atoms with Crippen LogP contribution in [-0.4, -0.2) is 72.3 Å². The predicted octanol–water partition coefficient (Wildman–Crippen LogP) is 3.24. The van der Waals surface area contributed by atoms with Gasteiger partial charge in [-0.15, -0.1) is 0 Å². The van der Waals surface area contributed by atoms with Crippen molar-refractivity contribution in [1.29, 1.82) is 0 Å². The zero-order chi connectivity index (χ0) is 23.8. The molecule has 1 saturated heterocycles. The van der Waals surface area contributed by atoms with Crippen molar-refractivity contribution in [2.24, 2.45) is 0 Å². The van der Waals surface area contributed by atoms with E-state index in [9.17, 15) is 9.59 Å². The Hall–Kier alpha value is -2.70. The molecule has 1 N–H and O–H groups in total. The second-order valence-corrected chi connectivity index (χ2v) is 9.54. The highest BCUT2D eigenvalue weighted by atomic mass is 16.2. The predicted molar refractivity (Wildman–Crippen MR) is 135 cm³/mol. The van der Waals surface area contributed by atoms with Crippen molar-refractivity contribution in [3.8, 4) is 0 Å². The summed E-state index contributed by atoms with van der Waals surface area (Å²) in [5, 5.41) is 3.09. The van der Waals surface area contributed by atoms with Gasteiger partial charge in [0.15, 0.2) is 0 Å². The Morgan fingerprint density at radius 1 is 0.882 bits per heavy atom. The van der Waals surface area contributed by atoms with E-state index in [2.05, 4.69) is 57.6 Å². The Morgan fingerprint density at radius 2 is 1.59 bits per heavy atom. The highest BCUT2D eigenvalue weighted by Gasteiger charge is 2.30. The van der Waals surface area contributed by atoms with E-state index in [1.807, 2.05) is 17.0 Å². The number of hydrogen-bond acceptors (Lipinski definition) is 4. The van der Waals surface area contributed by atoms with Gasteiger partial charge >= 0.3 is 0 Å². The van der Waals surface area contributed by atoms with Gasteiger partial charge in [0.2, 0.25) is 11.8 Å². The molecule has 0 bridgehead atoms. The van der Waals surface area contributed by atoms with E-state index in [0.29, 0.717) is 19.5 Å². The first-order valence-electron chi connectivity index (χ1n) is 12.7. The van der Waals surface area contributed by atoms with Gasteiger partial charge in [-0.2, -0.15) is 0 Å². The molecule has 0 spiro atoms. The standard InChI is InChI=1S/C28H38N4O2/c1-23(33)32-16-13-25-11-5-6-12-26(25)27(32)21-28(34)29-14-7-8-15-30-17-19-31(20-18-30)22-24-9-3-2-4-10-24/h2-6,9-12,27H,7-8,13-22H2,1H3,(H,29,34). The average Bonchev–Trinajstić information content (AvgIpc) is 2.85. The summed E-state index contributed by atoms with van der Waals surface area (Å²) < 4.78 is 0. The Morgan fingerprint density at radius 3 is 2.35 bits per heavy atom. The second-order valence-electron chi connectivity index (χ2n) is 9.54. The molecular formula is C28H38N4O2. The first-order chi connectivity index (χ1) is 16.6. The number of piperazine rings is 1. The fourth-order valence-electron chi connectivity index (χ4n) is 5.20. The van der Waals surface area contributed by atoms with Crippen LogP contribution in [0, 0.1) is 0 Å².